The van der Waals surface area contributed by atoms with Crippen molar-refractivity contribution in [1.82, 2.24) is 0 Å². The number of methoxy groups -OCH3 is 2. The summed E-state index contributed by atoms with van der Waals surface area (Å²) in [6, 6.07) is 6.26. The van der Waals surface area contributed by atoms with Crippen LogP contribution in [-0.2, 0) is 16.0 Å². The Morgan fingerprint density at radius 3 is 2.68 bits per heavy atom. The van der Waals surface area contributed by atoms with Crippen LogP contribution >= 0.6 is 0 Å². The normalized spacial score (nSPS) is 25.0. The van der Waals surface area contributed by atoms with Crippen LogP contribution in [0.3, 0.4) is 0 Å². The molecule has 1 atom stereocenters. The predicted octanol–water partition coefficient (Wildman–Crippen LogP) is 3.92. The average molecular weight is 298 g/mol. The molecule has 0 saturated heterocycles. The summed E-state index contributed by atoms with van der Waals surface area (Å²) in [6.07, 6.45) is 4.66. The van der Waals surface area contributed by atoms with Gasteiger partial charge in [-0.2, -0.15) is 0 Å². The fraction of sp³-hybridized carbons (Fsp3) is 0.421. The van der Waals surface area contributed by atoms with Crippen molar-refractivity contribution >= 4 is 11.5 Å². The average Bonchev–Trinajstić information content (AvgIpc) is 2.90. The van der Waals surface area contributed by atoms with Crippen molar-refractivity contribution in [3.8, 4) is 5.75 Å². The number of benzene rings is 1. The third-order valence-electron chi connectivity index (χ3n) is 5.09. The molecule has 0 heterocycles. The molecule has 0 aliphatic heterocycles. The van der Waals surface area contributed by atoms with Crippen LogP contribution in [0.2, 0.25) is 0 Å². The van der Waals surface area contributed by atoms with Gasteiger partial charge in [-0.25, -0.2) is 0 Å². The Balaban J connectivity index is 2.06. The van der Waals surface area contributed by atoms with Crippen molar-refractivity contribution in [3.63, 3.8) is 0 Å². The largest absolute Gasteiger partial charge is 0.497 e. The smallest absolute Gasteiger partial charge is 0.316 e. The van der Waals surface area contributed by atoms with Gasteiger partial charge in [-0.05, 0) is 73.1 Å². The van der Waals surface area contributed by atoms with Crippen LogP contribution in [-0.4, -0.2) is 20.2 Å². The van der Waals surface area contributed by atoms with Gasteiger partial charge in [-0.15, -0.1) is 0 Å². The number of esters is 1. The zero-order chi connectivity index (χ0) is 15.9. The van der Waals surface area contributed by atoms with E-state index >= 15 is 0 Å². The topological polar surface area (TPSA) is 35.5 Å². The highest BCUT2D eigenvalue weighted by molar-refractivity contribution is 5.89. The Labute approximate surface area is 131 Å². The summed E-state index contributed by atoms with van der Waals surface area (Å²) < 4.78 is 10.4. The molecule has 116 valence electrons. The SMILES string of the molecule is CC=C1C2=C(CCC1(C)C(=O)OC)c1ccc(OC)cc1C2. The van der Waals surface area contributed by atoms with Crippen LogP contribution in [0, 0.1) is 5.41 Å². The highest BCUT2D eigenvalue weighted by atomic mass is 16.5. The molecule has 0 N–H and O–H groups in total. The highest BCUT2D eigenvalue weighted by Gasteiger charge is 2.44. The van der Waals surface area contributed by atoms with Gasteiger partial charge < -0.3 is 9.47 Å². The third-order valence-corrected chi connectivity index (χ3v) is 5.09. The van der Waals surface area contributed by atoms with E-state index in [1.54, 1.807) is 7.11 Å². The minimum absolute atomic E-state index is 0.138. The first-order chi connectivity index (χ1) is 10.5. The number of allylic oxidation sites excluding steroid dienone is 3. The second-order valence-corrected chi connectivity index (χ2v) is 6.18. The summed E-state index contributed by atoms with van der Waals surface area (Å²) in [6.45, 7) is 4.01. The van der Waals surface area contributed by atoms with Gasteiger partial charge in [-0.1, -0.05) is 12.1 Å². The molecule has 0 saturated carbocycles. The molecule has 3 heteroatoms. The van der Waals surface area contributed by atoms with E-state index in [0.29, 0.717) is 0 Å². The molecule has 0 amide bonds. The van der Waals surface area contributed by atoms with E-state index in [4.69, 9.17) is 9.47 Å². The number of fused-ring (bicyclic) bond motifs is 2. The van der Waals surface area contributed by atoms with E-state index in [9.17, 15) is 4.79 Å². The summed E-state index contributed by atoms with van der Waals surface area (Å²) in [7, 11) is 3.16. The Bertz CT molecular complexity index is 697. The summed E-state index contributed by atoms with van der Waals surface area (Å²) in [5.41, 5.74) is 5.86. The molecule has 3 nitrogen and oxygen atoms in total. The first-order valence-electron chi connectivity index (χ1n) is 7.70. The molecule has 2 aliphatic rings. The number of carbonyl (C=O) groups excluding carboxylic acids is 1. The highest BCUT2D eigenvalue weighted by Crippen LogP contribution is 2.52. The van der Waals surface area contributed by atoms with Crippen LogP contribution in [0.15, 0.2) is 35.4 Å². The third kappa shape index (κ3) is 1.99. The molecule has 0 radical (unpaired) electrons. The summed E-state index contributed by atoms with van der Waals surface area (Å²) in [4.78, 5) is 12.3. The zero-order valence-electron chi connectivity index (χ0n) is 13.7. The number of hydrogen-bond acceptors (Lipinski definition) is 3. The monoisotopic (exact) mass is 298 g/mol. The Morgan fingerprint density at radius 2 is 2.05 bits per heavy atom. The first-order valence-corrected chi connectivity index (χ1v) is 7.70. The Kier molecular flexibility index (Phi) is 3.59. The van der Waals surface area contributed by atoms with Gasteiger partial charge in [0.1, 0.15) is 5.75 Å². The second-order valence-electron chi connectivity index (χ2n) is 6.18. The van der Waals surface area contributed by atoms with Crippen molar-refractivity contribution in [2.75, 3.05) is 14.2 Å². The molecule has 0 spiro atoms. The van der Waals surface area contributed by atoms with E-state index in [1.807, 2.05) is 19.9 Å². The second kappa shape index (κ2) is 5.31. The lowest BCUT2D eigenvalue weighted by atomic mass is 9.69. The molecular formula is C19H22O3. The lowest BCUT2D eigenvalue weighted by Gasteiger charge is -2.35. The van der Waals surface area contributed by atoms with Gasteiger partial charge in [0.15, 0.2) is 0 Å². The van der Waals surface area contributed by atoms with E-state index in [2.05, 4.69) is 18.2 Å². The van der Waals surface area contributed by atoms with Crippen molar-refractivity contribution in [1.29, 1.82) is 0 Å². The standard InChI is InChI=1S/C19H22O3/c1-5-17-16-11-12-10-13(21-3)6-7-14(12)15(16)8-9-19(17,2)18(20)22-4/h5-7,10H,8-9,11H2,1-4H3. The number of rotatable bonds is 2. The van der Waals surface area contributed by atoms with Crippen LogP contribution in [0.1, 0.15) is 37.8 Å². The molecule has 0 bridgehead atoms. The van der Waals surface area contributed by atoms with E-state index in [0.717, 1.165) is 30.6 Å². The molecule has 1 aromatic rings. The van der Waals surface area contributed by atoms with Crippen LogP contribution < -0.4 is 4.74 Å². The van der Waals surface area contributed by atoms with Gasteiger partial charge in [0.05, 0.1) is 19.6 Å². The first kappa shape index (κ1) is 14.9. The molecule has 1 aromatic carbocycles. The van der Waals surface area contributed by atoms with Crippen LogP contribution in [0.5, 0.6) is 5.75 Å². The minimum Gasteiger partial charge on any atom is -0.497 e. The van der Waals surface area contributed by atoms with Gasteiger partial charge in [-0.3, -0.25) is 4.79 Å². The van der Waals surface area contributed by atoms with Gasteiger partial charge in [0, 0.05) is 0 Å². The molecular weight excluding hydrogens is 276 g/mol. The summed E-state index contributed by atoms with van der Waals surface area (Å²) in [5, 5.41) is 0. The molecule has 22 heavy (non-hydrogen) atoms. The molecule has 1 unspecified atom stereocenters. The van der Waals surface area contributed by atoms with E-state index in [1.165, 1.54) is 29.4 Å². The quantitative estimate of drug-likeness (QED) is 0.776. The Morgan fingerprint density at radius 1 is 1.27 bits per heavy atom. The maximum Gasteiger partial charge on any atom is 0.316 e. The maximum absolute atomic E-state index is 12.3. The lowest BCUT2D eigenvalue weighted by molar-refractivity contribution is -0.149. The van der Waals surface area contributed by atoms with Crippen molar-refractivity contribution in [3.05, 3.63) is 46.5 Å². The number of carbonyl (C=O) groups is 1. The predicted molar refractivity (Wildman–Crippen MR) is 86.7 cm³/mol. The Hall–Kier alpha value is -2.03. The van der Waals surface area contributed by atoms with Gasteiger partial charge in [0.2, 0.25) is 0 Å². The van der Waals surface area contributed by atoms with Gasteiger partial charge >= 0.3 is 5.97 Å². The fourth-order valence-corrected chi connectivity index (χ4v) is 3.91. The lowest BCUT2D eigenvalue weighted by Crippen LogP contribution is -2.34. The van der Waals surface area contributed by atoms with E-state index in [-0.39, 0.29) is 5.97 Å². The summed E-state index contributed by atoms with van der Waals surface area (Å²) in [5.74, 6) is 0.747. The zero-order valence-corrected chi connectivity index (χ0v) is 13.7. The number of ether oxygens (including phenoxy) is 2. The van der Waals surface area contributed by atoms with Crippen LogP contribution in [0.25, 0.3) is 5.57 Å². The van der Waals surface area contributed by atoms with E-state index < -0.39 is 5.41 Å². The molecule has 0 fully saturated rings. The maximum atomic E-state index is 12.3. The summed E-state index contributed by atoms with van der Waals surface area (Å²) >= 11 is 0. The van der Waals surface area contributed by atoms with Crippen molar-refractivity contribution < 1.29 is 14.3 Å². The molecule has 3 rings (SSSR count). The fourth-order valence-electron chi connectivity index (χ4n) is 3.91. The van der Waals surface area contributed by atoms with Crippen LogP contribution in [0.4, 0.5) is 0 Å². The van der Waals surface area contributed by atoms with Crippen molar-refractivity contribution in [2.45, 2.75) is 33.1 Å². The van der Waals surface area contributed by atoms with Gasteiger partial charge in [0.25, 0.3) is 0 Å². The molecule has 2 aliphatic carbocycles. The minimum atomic E-state index is -0.533. The molecule has 0 aromatic heterocycles. The number of hydrogen-bond donors (Lipinski definition) is 0. The van der Waals surface area contributed by atoms with Crippen molar-refractivity contribution in [2.24, 2.45) is 5.41 Å².